The summed E-state index contributed by atoms with van der Waals surface area (Å²) in [6.45, 7) is 11.0. The van der Waals surface area contributed by atoms with E-state index >= 15 is 0 Å². The Bertz CT molecular complexity index is 61.5. The van der Waals surface area contributed by atoms with Gasteiger partial charge in [-0.25, -0.2) is 0 Å². The van der Waals surface area contributed by atoms with E-state index in [4.69, 9.17) is 0 Å². The van der Waals surface area contributed by atoms with Crippen LogP contribution in [0.25, 0.3) is 0 Å². The van der Waals surface area contributed by atoms with Crippen LogP contribution in [0.5, 0.6) is 0 Å². The maximum Gasteiger partial charge on any atom is -0.00489 e. The van der Waals surface area contributed by atoms with Crippen LogP contribution in [0.3, 0.4) is 0 Å². The van der Waals surface area contributed by atoms with Crippen molar-refractivity contribution in [3.05, 3.63) is 13.2 Å². The van der Waals surface area contributed by atoms with E-state index in [-0.39, 0.29) is 0 Å². The Morgan fingerprint density at radius 3 is 0.857 bits per heavy atom. The zero-order chi connectivity index (χ0) is 10.5. The molecule has 84 valence electrons. The zero-order valence-electron chi connectivity index (χ0n) is 9.49. The molecular formula is C12H26N2. The zero-order valence-corrected chi connectivity index (χ0v) is 9.49. The standard InChI is InChI=1S/2C5H11N.C2H4/c2*1-2-4-6-5-3-1;1-2/h2*6H,1-5H2;1-2H2. The van der Waals surface area contributed by atoms with Crippen molar-refractivity contribution in [1.29, 1.82) is 0 Å². The highest BCUT2D eigenvalue weighted by atomic mass is 14.9. The van der Waals surface area contributed by atoms with Crippen molar-refractivity contribution in [3.8, 4) is 0 Å². The van der Waals surface area contributed by atoms with Crippen LogP contribution in [0.15, 0.2) is 13.2 Å². The van der Waals surface area contributed by atoms with Gasteiger partial charge < -0.3 is 10.6 Å². The van der Waals surface area contributed by atoms with Crippen LogP contribution in [0.2, 0.25) is 0 Å². The fourth-order valence-corrected chi connectivity index (χ4v) is 1.60. The lowest BCUT2D eigenvalue weighted by atomic mass is 10.2. The van der Waals surface area contributed by atoms with Crippen molar-refractivity contribution < 1.29 is 0 Å². The molecular weight excluding hydrogens is 172 g/mol. The lowest BCUT2D eigenvalue weighted by molar-refractivity contribution is 0.520. The molecule has 0 spiro atoms. The number of hydrogen-bond acceptors (Lipinski definition) is 2. The molecule has 2 heterocycles. The third kappa shape index (κ3) is 9.75. The lowest BCUT2D eigenvalue weighted by Crippen LogP contribution is -2.21. The third-order valence-electron chi connectivity index (χ3n) is 2.41. The number of piperidine rings is 2. The van der Waals surface area contributed by atoms with Crippen LogP contribution in [0.4, 0.5) is 0 Å². The largest absolute Gasteiger partial charge is 0.317 e. The number of nitrogens with one attached hydrogen (secondary N) is 2. The highest BCUT2D eigenvalue weighted by Crippen LogP contribution is 1.97. The van der Waals surface area contributed by atoms with Crippen LogP contribution in [-0.4, -0.2) is 26.2 Å². The fraction of sp³-hybridized carbons (Fsp3) is 0.833. The molecule has 0 saturated carbocycles. The Balaban J connectivity index is 0.000000206. The molecule has 0 aromatic carbocycles. The van der Waals surface area contributed by atoms with Gasteiger partial charge in [-0.2, -0.15) is 0 Å². The maximum atomic E-state index is 3.28. The van der Waals surface area contributed by atoms with Crippen molar-refractivity contribution in [2.45, 2.75) is 38.5 Å². The molecule has 2 aliphatic heterocycles. The third-order valence-corrected chi connectivity index (χ3v) is 2.41. The predicted molar refractivity (Wildman–Crippen MR) is 64.7 cm³/mol. The van der Waals surface area contributed by atoms with Gasteiger partial charge in [0.15, 0.2) is 0 Å². The van der Waals surface area contributed by atoms with E-state index in [0.29, 0.717) is 0 Å². The number of rotatable bonds is 0. The van der Waals surface area contributed by atoms with Crippen molar-refractivity contribution in [3.63, 3.8) is 0 Å². The van der Waals surface area contributed by atoms with Crippen molar-refractivity contribution in [2.75, 3.05) is 26.2 Å². The molecule has 0 unspecified atom stereocenters. The summed E-state index contributed by atoms with van der Waals surface area (Å²) in [6.07, 6.45) is 8.43. The molecule has 2 heteroatoms. The second-order valence-corrected chi connectivity index (χ2v) is 3.62. The first-order valence-electron chi connectivity index (χ1n) is 5.91. The minimum Gasteiger partial charge on any atom is -0.317 e. The van der Waals surface area contributed by atoms with Gasteiger partial charge in [0, 0.05) is 0 Å². The molecule has 14 heavy (non-hydrogen) atoms. The molecule has 0 aromatic rings. The van der Waals surface area contributed by atoms with Crippen LogP contribution in [0.1, 0.15) is 38.5 Å². The monoisotopic (exact) mass is 198 g/mol. The first kappa shape index (κ1) is 13.7. The molecule has 0 amide bonds. The summed E-state index contributed by atoms with van der Waals surface area (Å²) >= 11 is 0. The molecule has 2 N–H and O–H groups in total. The Morgan fingerprint density at radius 2 is 0.786 bits per heavy atom. The van der Waals surface area contributed by atoms with Gasteiger partial charge in [0.05, 0.1) is 0 Å². The van der Waals surface area contributed by atoms with E-state index in [9.17, 15) is 0 Å². The van der Waals surface area contributed by atoms with Gasteiger partial charge in [-0.1, -0.05) is 12.8 Å². The summed E-state index contributed by atoms with van der Waals surface area (Å²) in [6, 6.07) is 0. The van der Waals surface area contributed by atoms with Gasteiger partial charge in [-0.15, -0.1) is 13.2 Å². The molecule has 0 radical (unpaired) electrons. The second-order valence-electron chi connectivity index (χ2n) is 3.62. The van der Waals surface area contributed by atoms with E-state index in [1.165, 1.54) is 64.7 Å². The van der Waals surface area contributed by atoms with E-state index in [1.54, 1.807) is 0 Å². The summed E-state index contributed by atoms with van der Waals surface area (Å²) < 4.78 is 0. The Morgan fingerprint density at radius 1 is 0.500 bits per heavy atom. The first-order chi connectivity index (χ1) is 7.00. The molecule has 2 aliphatic rings. The van der Waals surface area contributed by atoms with Gasteiger partial charge in [0.2, 0.25) is 0 Å². The molecule has 2 rings (SSSR count). The molecule has 2 saturated heterocycles. The highest BCUT2D eigenvalue weighted by molar-refractivity contribution is 4.55. The van der Waals surface area contributed by atoms with E-state index in [1.807, 2.05) is 0 Å². The smallest absolute Gasteiger partial charge is 0.00489 e. The molecule has 0 aromatic heterocycles. The van der Waals surface area contributed by atoms with Crippen LogP contribution in [0, 0.1) is 0 Å². The SMILES string of the molecule is C1CCNCC1.C1CCNCC1.C=C. The first-order valence-corrected chi connectivity index (χ1v) is 5.91. The molecule has 2 nitrogen and oxygen atoms in total. The van der Waals surface area contributed by atoms with Crippen molar-refractivity contribution in [2.24, 2.45) is 0 Å². The Hall–Kier alpha value is -0.340. The van der Waals surface area contributed by atoms with Gasteiger partial charge in [0.1, 0.15) is 0 Å². The lowest BCUT2D eigenvalue weighted by Gasteiger charge is -2.08. The maximum absolute atomic E-state index is 3.28. The molecule has 0 bridgehead atoms. The quantitative estimate of drug-likeness (QED) is 0.584. The van der Waals surface area contributed by atoms with Crippen LogP contribution < -0.4 is 10.6 Å². The fourth-order valence-electron chi connectivity index (χ4n) is 1.60. The van der Waals surface area contributed by atoms with E-state index < -0.39 is 0 Å². The normalized spacial score (nSPS) is 20.9. The molecule has 0 aliphatic carbocycles. The summed E-state index contributed by atoms with van der Waals surface area (Å²) in [7, 11) is 0. The highest BCUT2D eigenvalue weighted by Gasteiger charge is 1.94. The summed E-state index contributed by atoms with van der Waals surface area (Å²) in [5.74, 6) is 0. The number of hydrogen-bond donors (Lipinski definition) is 2. The van der Waals surface area contributed by atoms with Gasteiger partial charge in [-0.05, 0) is 51.9 Å². The topological polar surface area (TPSA) is 24.1 Å². The summed E-state index contributed by atoms with van der Waals surface area (Å²) in [5, 5.41) is 6.57. The summed E-state index contributed by atoms with van der Waals surface area (Å²) in [4.78, 5) is 0. The van der Waals surface area contributed by atoms with E-state index in [2.05, 4.69) is 23.8 Å². The average molecular weight is 198 g/mol. The van der Waals surface area contributed by atoms with E-state index in [0.717, 1.165) is 0 Å². The molecule has 2 fully saturated rings. The second kappa shape index (κ2) is 12.7. The van der Waals surface area contributed by atoms with Gasteiger partial charge >= 0.3 is 0 Å². The van der Waals surface area contributed by atoms with Crippen molar-refractivity contribution >= 4 is 0 Å². The average Bonchev–Trinajstić information content (AvgIpc) is 2.37. The minimum atomic E-state index is 1.25. The van der Waals surface area contributed by atoms with Gasteiger partial charge in [-0.3, -0.25) is 0 Å². The summed E-state index contributed by atoms with van der Waals surface area (Å²) in [5.41, 5.74) is 0. The minimum absolute atomic E-state index is 1.25. The van der Waals surface area contributed by atoms with Crippen LogP contribution >= 0.6 is 0 Å². The predicted octanol–water partition coefficient (Wildman–Crippen LogP) is 2.32. The van der Waals surface area contributed by atoms with Crippen molar-refractivity contribution in [1.82, 2.24) is 10.6 Å². The molecule has 0 atom stereocenters. The van der Waals surface area contributed by atoms with Gasteiger partial charge in [0.25, 0.3) is 0 Å². The Labute approximate surface area is 89.2 Å². The van der Waals surface area contributed by atoms with Crippen LogP contribution in [-0.2, 0) is 0 Å². The Kier molecular flexibility index (Phi) is 12.4.